The molecule has 0 fully saturated rings. The van der Waals surface area contributed by atoms with Gasteiger partial charge in [-0.2, -0.15) is 0 Å². The lowest BCUT2D eigenvalue weighted by molar-refractivity contribution is 0.630. The summed E-state index contributed by atoms with van der Waals surface area (Å²) in [5.41, 5.74) is 5.83. The molecule has 0 saturated carbocycles. The Balaban J connectivity index is 2.85. The number of aromatic nitrogens is 2. The largest absolute Gasteiger partial charge is 0.382 e. The first-order chi connectivity index (χ1) is 7.00. The van der Waals surface area contributed by atoms with E-state index >= 15 is 0 Å². The van der Waals surface area contributed by atoms with E-state index in [0.29, 0.717) is 17.6 Å². The van der Waals surface area contributed by atoms with Crippen molar-refractivity contribution in [3.63, 3.8) is 0 Å². The van der Waals surface area contributed by atoms with Gasteiger partial charge in [-0.3, -0.25) is 5.41 Å². The van der Waals surface area contributed by atoms with Gasteiger partial charge in [-0.1, -0.05) is 13.8 Å². The van der Waals surface area contributed by atoms with Crippen LogP contribution in [0.25, 0.3) is 0 Å². The molecule has 15 heavy (non-hydrogen) atoms. The van der Waals surface area contributed by atoms with E-state index in [9.17, 15) is 0 Å². The van der Waals surface area contributed by atoms with E-state index in [2.05, 4.69) is 23.8 Å². The smallest absolute Gasteiger partial charge is 0.225 e. The Morgan fingerprint density at radius 3 is 2.80 bits per heavy atom. The topological polar surface area (TPSA) is 78.9 Å². The van der Waals surface area contributed by atoms with Gasteiger partial charge in [-0.15, -0.1) is 0 Å². The molecule has 0 aliphatic heterocycles. The number of anilines is 1. The zero-order valence-corrected chi connectivity index (χ0v) is 9.36. The molecule has 0 aromatic carbocycles. The van der Waals surface area contributed by atoms with Gasteiger partial charge in [-0.05, 0) is 12.0 Å². The fourth-order valence-electron chi connectivity index (χ4n) is 1.31. The third-order valence-corrected chi connectivity index (χ3v) is 1.90. The van der Waals surface area contributed by atoms with Crippen molar-refractivity contribution in [1.29, 1.82) is 5.41 Å². The summed E-state index contributed by atoms with van der Waals surface area (Å²) in [6.07, 6.45) is 1.62. The molecular weight excluding hydrogens is 190 g/mol. The highest BCUT2D eigenvalue weighted by molar-refractivity contribution is 5.93. The minimum atomic E-state index is -0.0309. The maximum Gasteiger partial charge on any atom is 0.225 e. The molecule has 1 aromatic heterocycles. The Morgan fingerprint density at radius 2 is 2.27 bits per heavy atom. The van der Waals surface area contributed by atoms with E-state index in [0.717, 1.165) is 6.54 Å². The number of amidine groups is 1. The standard InChI is InChI=1S/C10H17N5/c1-7(2)6-15(3)10-13-5-4-8(14-10)9(11)12/h4-5,7H,6H2,1-3H3,(H3,11,12). The van der Waals surface area contributed by atoms with Crippen LogP contribution in [0.2, 0.25) is 0 Å². The summed E-state index contributed by atoms with van der Waals surface area (Å²) in [6.45, 7) is 5.14. The number of hydrogen-bond acceptors (Lipinski definition) is 4. The fourth-order valence-corrected chi connectivity index (χ4v) is 1.31. The van der Waals surface area contributed by atoms with E-state index < -0.39 is 0 Å². The van der Waals surface area contributed by atoms with Crippen LogP contribution in [0.5, 0.6) is 0 Å². The molecule has 0 amide bonds. The van der Waals surface area contributed by atoms with Gasteiger partial charge in [0.1, 0.15) is 11.5 Å². The SMILES string of the molecule is CC(C)CN(C)c1nccc(C(=N)N)n1. The van der Waals surface area contributed by atoms with Gasteiger partial charge in [-0.25, -0.2) is 9.97 Å². The van der Waals surface area contributed by atoms with Gasteiger partial charge < -0.3 is 10.6 Å². The van der Waals surface area contributed by atoms with Crippen molar-refractivity contribution in [2.45, 2.75) is 13.8 Å². The molecule has 0 radical (unpaired) electrons. The number of nitrogens with one attached hydrogen (secondary N) is 1. The first-order valence-electron chi connectivity index (χ1n) is 4.89. The molecular formula is C10H17N5. The predicted molar refractivity (Wildman–Crippen MR) is 61.2 cm³/mol. The first kappa shape index (κ1) is 11.4. The van der Waals surface area contributed by atoms with Crippen LogP contribution >= 0.6 is 0 Å². The molecule has 1 rings (SSSR count). The van der Waals surface area contributed by atoms with Crippen molar-refractivity contribution in [3.8, 4) is 0 Å². The molecule has 0 spiro atoms. The molecule has 1 aromatic rings. The number of hydrogen-bond donors (Lipinski definition) is 2. The van der Waals surface area contributed by atoms with Crippen LogP contribution < -0.4 is 10.6 Å². The van der Waals surface area contributed by atoms with Crippen LogP contribution in [0, 0.1) is 11.3 Å². The molecule has 0 saturated heterocycles. The highest BCUT2D eigenvalue weighted by Gasteiger charge is 2.07. The van der Waals surface area contributed by atoms with Crippen LogP contribution in [-0.4, -0.2) is 29.4 Å². The molecule has 82 valence electrons. The third kappa shape index (κ3) is 3.19. The van der Waals surface area contributed by atoms with Crippen LogP contribution in [0.4, 0.5) is 5.95 Å². The second kappa shape index (κ2) is 4.72. The molecule has 0 aliphatic rings. The normalized spacial score (nSPS) is 10.4. The van der Waals surface area contributed by atoms with Crippen LogP contribution in [0.1, 0.15) is 19.5 Å². The van der Waals surface area contributed by atoms with Gasteiger partial charge in [0, 0.05) is 19.8 Å². The molecule has 3 N–H and O–H groups in total. The quantitative estimate of drug-likeness (QED) is 0.566. The lowest BCUT2D eigenvalue weighted by atomic mass is 10.2. The Kier molecular flexibility index (Phi) is 3.60. The van der Waals surface area contributed by atoms with Gasteiger partial charge in [0.2, 0.25) is 5.95 Å². The van der Waals surface area contributed by atoms with Gasteiger partial charge in [0.15, 0.2) is 0 Å². The summed E-state index contributed by atoms with van der Waals surface area (Å²) >= 11 is 0. The molecule has 5 heteroatoms. The first-order valence-corrected chi connectivity index (χ1v) is 4.89. The molecule has 0 unspecified atom stereocenters. The van der Waals surface area contributed by atoms with Crippen molar-refractivity contribution >= 4 is 11.8 Å². The number of nitrogens with zero attached hydrogens (tertiary/aromatic N) is 3. The molecule has 0 atom stereocenters. The van der Waals surface area contributed by atoms with E-state index in [1.807, 2.05) is 11.9 Å². The van der Waals surface area contributed by atoms with E-state index in [-0.39, 0.29) is 5.84 Å². The monoisotopic (exact) mass is 207 g/mol. The van der Waals surface area contributed by atoms with Gasteiger partial charge in [0.25, 0.3) is 0 Å². The maximum atomic E-state index is 7.28. The van der Waals surface area contributed by atoms with Crippen LogP contribution in [0.3, 0.4) is 0 Å². The van der Waals surface area contributed by atoms with Crippen LogP contribution in [-0.2, 0) is 0 Å². The zero-order chi connectivity index (χ0) is 11.4. The summed E-state index contributed by atoms with van der Waals surface area (Å²) in [4.78, 5) is 10.3. The molecule has 1 heterocycles. The van der Waals surface area contributed by atoms with Crippen molar-refractivity contribution in [1.82, 2.24) is 9.97 Å². The highest BCUT2D eigenvalue weighted by atomic mass is 15.2. The Labute approximate surface area is 89.8 Å². The van der Waals surface area contributed by atoms with Crippen LogP contribution in [0.15, 0.2) is 12.3 Å². The highest BCUT2D eigenvalue weighted by Crippen LogP contribution is 2.07. The van der Waals surface area contributed by atoms with E-state index in [4.69, 9.17) is 11.1 Å². The predicted octanol–water partition coefficient (Wildman–Crippen LogP) is 0.853. The molecule has 0 aliphatic carbocycles. The lowest BCUT2D eigenvalue weighted by Crippen LogP contribution is -2.25. The average molecular weight is 207 g/mol. The minimum Gasteiger partial charge on any atom is -0.382 e. The van der Waals surface area contributed by atoms with Crippen molar-refractivity contribution in [3.05, 3.63) is 18.0 Å². The van der Waals surface area contributed by atoms with E-state index in [1.54, 1.807) is 12.3 Å². The van der Waals surface area contributed by atoms with Crippen molar-refractivity contribution in [2.24, 2.45) is 11.7 Å². The minimum absolute atomic E-state index is 0.0309. The number of nitrogens with two attached hydrogens (primary N) is 1. The summed E-state index contributed by atoms with van der Waals surface area (Å²) in [5.74, 6) is 1.12. The number of rotatable bonds is 4. The molecule has 0 bridgehead atoms. The summed E-state index contributed by atoms with van der Waals surface area (Å²) in [7, 11) is 1.93. The Hall–Kier alpha value is -1.65. The number of nitrogen functional groups attached to an aromatic ring is 1. The Morgan fingerprint density at radius 1 is 1.60 bits per heavy atom. The maximum absolute atomic E-state index is 7.28. The lowest BCUT2D eigenvalue weighted by Gasteiger charge is -2.19. The third-order valence-electron chi connectivity index (χ3n) is 1.90. The zero-order valence-electron chi connectivity index (χ0n) is 9.36. The van der Waals surface area contributed by atoms with Gasteiger partial charge >= 0.3 is 0 Å². The fraction of sp³-hybridized carbons (Fsp3) is 0.500. The average Bonchev–Trinajstić information content (AvgIpc) is 2.17. The van der Waals surface area contributed by atoms with Crippen molar-refractivity contribution in [2.75, 3.05) is 18.5 Å². The van der Waals surface area contributed by atoms with E-state index in [1.165, 1.54) is 0 Å². The molecule has 5 nitrogen and oxygen atoms in total. The second-order valence-corrected chi connectivity index (χ2v) is 3.93. The second-order valence-electron chi connectivity index (χ2n) is 3.93. The summed E-state index contributed by atoms with van der Waals surface area (Å²) < 4.78 is 0. The summed E-state index contributed by atoms with van der Waals surface area (Å²) in [6, 6.07) is 1.63. The van der Waals surface area contributed by atoms with Crippen molar-refractivity contribution < 1.29 is 0 Å². The Bertz CT molecular complexity index is 347. The van der Waals surface area contributed by atoms with Gasteiger partial charge in [0.05, 0.1) is 0 Å². The summed E-state index contributed by atoms with van der Waals surface area (Å²) in [5, 5.41) is 7.28.